The van der Waals surface area contributed by atoms with Crippen molar-refractivity contribution in [2.75, 3.05) is 6.61 Å². The van der Waals surface area contributed by atoms with Gasteiger partial charge in [-0.05, 0) is 24.3 Å². The molecule has 1 fully saturated rings. The molecular formula is C11H15FO4. The van der Waals surface area contributed by atoms with Crippen LogP contribution in [0.2, 0.25) is 0 Å². The summed E-state index contributed by atoms with van der Waals surface area (Å²) < 4.78 is 17.7. The molecule has 0 aromatic rings. The van der Waals surface area contributed by atoms with Crippen LogP contribution in [0.15, 0.2) is 11.9 Å². The summed E-state index contributed by atoms with van der Waals surface area (Å²) in [7, 11) is 0. The molecule has 0 bridgehead atoms. The number of carboxylic acid groups (broad SMARTS) is 1. The fourth-order valence-electron chi connectivity index (χ4n) is 1.89. The van der Waals surface area contributed by atoms with E-state index in [0.29, 0.717) is 0 Å². The van der Waals surface area contributed by atoms with E-state index in [1.807, 2.05) is 0 Å². The molecule has 90 valence electrons. The topological polar surface area (TPSA) is 63.6 Å². The van der Waals surface area contributed by atoms with Crippen molar-refractivity contribution in [3.8, 4) is 0 Å². The Kier molecular flexibility index (Phi) is 3.35. The lowest BCUT2D eigenvalue weighted by Gasteiger charge is -1.99. The predicted octanol–water partition coefficient (Wildman–Crippen LogP) is 1.76. The predicted molar refractivity (Wildman–Crippen MR) is 54.2 cm³/mol. The number of esters is 1. The highest BCUT2D eigenvalue weighted by Crippen LogP contribution is 2.59. The Morgan fingerprint density at radius 1 is 1.50 bits per heavy atom. The largest absolute Gasteiger partial charge is 0.481 e. The van der Waals surface area contributed by atoms with Crippen molar-refractivity contribution in [2.45, 2.75) is 20.8 Å². The summed E-state index contributed by atoms with van der Waals surface area (Å²) in [5, 5.41) is 8.85. The van der Waals surface area contributed by atoms with Gasteiger partial charge in [0.25, 0.3) is 0 Å². The quantitative estimate of drug-likeness (QED) is 0.590. The van der Waals surface area contributed by atoms with Crippen LogP contribution in [0.5, 0.6) is 0 Å². The van der Waals surface area contributed by atoms with Gasteiger partial charge in [0.1, 0.15) is 0 Å². The summed E-state index contributed by atoms with van der Waals surface area (Å²) in [4.78, 5) is 21.8. The fraction of sp³-hybridized carbons (Fsp3) is 0.636. The van der Waals surface area contributed by atoms with E-state index in [2.05, 4.69) is 4.74 Å². The number of hydrogen-bond donors (Lipinski definition) is 1. The molecule has 0 radical (unpaired) electrons. The molecule has 0 aliphatic heterocycles. The Hall–Kier alpha value is -1.39. The second-order valence-corrected chi connectivity index (χ2v) is 4.40. The molecule has 0 amide bonds. The van der Waals surface area contributed by atoms with E-state index in [1.54, 1.807) is 20.8 Å². The van der Waals surface area contributed by atoms with E-state index in [-0.39, 0.29) is 6.61 Å². The Morgan fingerprint density at radius 2 is 2.06 bits per heavy atom. The highest BCUT2D eigenvalue weighted by Gasteiger charge is 2.61. The minimum Gasteiger partial charge on any atom is -0.481 e. The molecule has 4 nitrogen and oxygen atoms in total. The Bertz CT molecular complexity index is 346. The number of rotatable bonds is 4. The Balaban J connectivity index is 2.72. The maximum atomic E-state index is 13.2. The molecule has 0 saturated heterocycles. The SMILES string of the molecule is CCOC(=O)/C(F)=C\C1[C@@H](C(=O)O)C1(C)C. The van der Waals surface area contributed by atoms with Crippen molar-refractivity contribution < 1.29 is 23.8 Å². The van der Waals surface area contributed by atoms with Crippen LogP contribution < -0.4 is 0 Å². The summed E-state index contributed by atoms with van der Waals surface area (Å²) in [5.41, 5.74) is -0.504. The van der Waals surface area contributed by atoms with Crippen LogP contribution in [0.1, 0.15) is 20.8 Å². The van der Waals surface area contributed by atoms with E-state index in [0.717, 1.165) is 6.08 Å². The van der Waals surface area contributed by atoms with Crippen LogP contribution in [-0.4, -0.2) is 23.7 Å². The fourth-order valence-corrected chi connectivity index (χ4v) is 1.89. The van der Waals surface area contributed by atoms with Crippen LogP contribution >= 0.6 is 0 Å². The first-order valence-corrected chi connectivity index (χ1v) is 5.09. The molecule has 1 rings (SSSR count). The van der Waals surface area contributed by atoms with Crippen LogP contribution in [0.4, 0.5) is 4.39 Å². The Morgan fingerprint density at radius 3 is 2.44 bits per heavy atom. The second kappa shape index (κ2) is 4.23. The number of allylic oxidation sites excluding steroid dienone is 1. The normalized spacial score (nSPS) is 27.4. The molecule has 0 aromatic heterocycles. The first-order valence-electron chi connectivity index (χ1n) is 5.09. The van der Waals surface area contributed by atoms with E-state index in [4.69, 9.17) is 5.11 Å². The average Bonchev–Trinajstić information content (AvgIpc) is 2.68. The summed E-state index contributed by atoms with van der Waals surface area (Å²) in [5.74, 6) is -4.09. The highest BCUT2D eigenvalue weighted by atomic mass is 19.1. The number of carbonyl (C=O) groups is 2. The zero-order valence-corrected chi connectivity index (χ0v) is 9.49. The summed E-state index contributed by atoms with van der Waals surface area (Å²) in [6, 6.07) is 0. The molecule has 1 aliphatic rings. The third-order valence-electron chi connectivity index (χ3n) is 2.97. The number of aliphatic carboxylic acids is 1. The minimum atomic E-state index is -1.03. The molecule has 1 saturated carbocycles. The van der Waals surface area contributed by atoms with Crippen molar-refractivity contribution in [1.29, 1.82) is 0 Å². The average molecular weight is 230 g/mol. The van der Waals surface area contributed by atoms with Gasteiger partial charge in [-0.2, -0.15) is 4.39 Å². The molecule has 5 heteroatoms. The van der Waals surface area contributed by atoms with Gasteiger partial charge in [0.15, 0.2) is 0 Å². The molecule has 1 aliphatic carbocycles. The first kappa shape index (κ1) is 12.7. The first-order chi connectivity index (χ1) is 7.32. The van der Waals surface area contributed by atoms with E-state index in [9.17, 15) is 14.0 Å². The molecular weight excluding hydrogens is 215 g/mol. The number of hydrogen-bond acceptors (Lipinski definition) is 3. The molecule has 1 unspecified atom stereocenters. The summed E-state index contributed by atoms with van der Waals surface area (Å²) >= 11 is 0. The van der Waals surface area contributed by atoms with Gasteiger partial charge in [-0.3, -0.25) is 4.79 Å². The van der Waals surface area contributed by atoms with Crippen LogP contribution in [0.3, 0.4) is 0 Å². The van der Waals surface area contributed by atoms with Gasteiger partial charge in [-0.1, -0.05) is 13.8 Å². The highest BCUT2D eigenvalue weighted by molar-refractivity contribution is 5.86. The zero-order valence-electron chi connectivity index (χ0n) is 9.49. The molecule has 1 N–H and O–H groups in total. The van der Waals surface area contributed by atoms with Gasteiger partial charge >= 0.3 is 11.9 Å². The minimum absolute atomic E-state index is 0.0938. The van der Waals surface area contributed by atoms with Gasteiger partial charge in [0, 0.05) is 0 Å². The van der Waals surface area contributed by atoms with Gasteiger partial charge in [-0.25, -0.2) is 4.79 Å². The number of carbonyl (C=O) groups excluding carboxylic acids is 1. The molecule has 0 spiro atoms. The van der Waals surface area contributed by atoms with Crippen molar-refractivity contribution >= 4 is 11.9 Å². The second-order valence-electron chi connectivity index (χ2n) is 4.40. The molecule has 0 heterocycles. The standard InChI is InChI=1S/C11H15FO4/c1-4-16-10(15)7(12)5-6-8(9(13)14)11(6,2)3/h5-6,8H,4H2,1-3H3,(H,13,14)/b7-5+/t6?,8-/m0/s1. The van der Waals surface area contributed by atoms with Crippen molar-refractivity contribution in [3.63, 3.8) is 0 Å². The van der Waals surface area contributed by atoms with E-state index in [1.165, 1.54) is 0 Å². The lowest BCUT2D eigenvalue weighted by Crippen LogP contribution is -2.05. The number of halogens is 1. The Labute approximate surface area is 93.1 Å². The lowest BCUT2D eigenvalue weighted by molar-refractivity contribution is -0.141. The maximum Gasteiger partial charge on any atom is 0.366 e. The van der Waals surface area contributed by atoms with Crippen molar-refractivity contribution in [1.82, 2.24) is 0 Å². The van der Waals surface area contributed by atoms with Crippen molar-refractivity contribution in [2.24, 2.45) is 17.3 Å². The molecule has 16 heavy (non-hydrogen) atoms. The van der Waals surface area contributed by atoms with Crippen LogP contribution in [0.25, 0.3) is 0 Å². The summed E-state index contributed by atoms with van der Waals surface area (Å²) in [6.07, 6.45) is 1.05. The van der Waals surface area contributed by atoms with Crippen LogP contribution in [-0.2, 0) is 14.3 Å². The zero-order chi connectivity index (χ0) is 12.5. The monoisotopic (exact) mass is 230 g/mol. The molecule has 0 aromatic carbocycles. The van der Waals surface area contributed by atoms with Gasteiger partial charge in [-0.15, -0.1) is 0 Å². The third-order valence-corrected chi connectivity index (χ3v) is 2.97. The summed E-state index contributed by atoms with van der Waals surface area (Å²) in [6.45, 7) is 5.12. The van der Waals surface area contributed by atoms with Gasteiger partial charge in [0.05, 0.1) is 12.5 Å². The number of carboxylic acids is 1. The van der Waals surface area contributed by atoms with Crippen LogP contribution in [0, 0.1) is 17.3 Å². The lowest BCUT2D eigenvalue weighted by atomic mass is 10.1. The maximum absolute atomic E-state index is 13.2. The third kappa shape index (κ3) is 2.23. The van der Waals surface area contributed by atoms with Gasteiger partial charge in [0.2, 0.25) is 5.83 Å². The smallest absolute Gasteiger partial charge is 0.366 e. The van der Waals surface area contributed by atoms with E-state index >= 15 is 0 Å². The molecule has 2 atom stereocenters. The van der Waals surface area contributed by atoms with E-state index < -0.39 is 35.0 Å². The number of ether oxygens (including phenoxy) is 1. The van der Waals surface area contributed by atoms with Gasteiger partial charge < -0.3 is 9.84 Å². The van der Waals surface area contributed by atoms with Crippen molar-refractivity contribution in [3.05, 3.63) is 11.9 Å².